The number of hydrogen-bond acceptors (Lipinski definition) is 4. The van der Waals surface area contributed by atoms with E-state index in [0.29, 0.717) is 22.2 Å². The third kappa shape index (κ3) is 3.95. The van der Waals surface area contributed by atoms with Crippen molar-refractivity contribution in [2.45, 2.75) is 13.8 Å². The zero-order valence-electron chi connectivity index (χ0n) is 13.9. The zero-order valence-corrected chi connectivity index (χ0v) is 14.6. The maximum atomic E-state index is 12.3. The lowest BCUT2D eigenvalue weighted by atomic mass is 10.2. The molecule has 25 heavy (non-hydrogen) atoms. The number of carbonyl (C=O) groups excluding carboxylic acids is 1. The van der Waals surface area contributed by atoms with Crippen LogP contribution < -0.4 is 10.6 Å². The summed E-state index contributed by atoms with van der Waals surface area (Å²) >= 11 is 6.07. The van der Waals surface area contributed by atoms with Gasteiger partial charge in [-0.1, -0.05) is 35.9 Å². The molecule has 1 aromatic heterocycles. The van der Waals surface area contributed by atoms with Gasteiger partial charge < -0.3 is 10.6 Å². The van der Waals surface area contributed by atoms with E-state index in [1.165, 1.54) is 12.4 Å². The standard InChI is InChI=1S/C19H17ClN4O/c1-12-6-3-4-8-16(12)24-19-21-10-14(11-22-19)18(25)23-17-9-5-7-15(20)13(17)2/h3-11H,1-2H3,(H,23,25)(H,21,22,24). The molecule has 6 heteroatoms. The molecular weight excluding hydrogens is 336 g/mol. The number of nitrogens with zero attached hydrogens (tertiary/aromatic N) is 2. The molecule has 5 nitrogen and oxygen atoms in total. The van der Waals surface area contributed by atoms with Crippen molar-refractivity contribution in [2.75, 3.05) is 10.6 Å². The summed E-state index contributed by atoms with van der Waals surface area (Å²) in [5.74, 6) is 0.151. The molecule has 0 atom stereocenters. The van der Waals surface area contributed by atoms with E-state index in [2.05, 4.69) is 20.6 Å². The van der Waals surface area contributed by atoms with E-state index in [-0.39, 0.29) is 5.91 Å². The van der Waals surface area contributed by atoms with Gasteiger partial charge in [-0.2, -0.15) is 0 Å². The van der Waals surface area contributed by atoms with E-state index < -0.39 is 0 Å². The number of rotatable bonds is 4. The molecule has 0 unspecified atom stereocenters. The van der Waals surface area contributed by atoms with Crippen LogP contribution in [0.5, 0.6) is 0 Å². The first-order valence-electron chi connectivity index (χ1n) is 7.76. The molecule has 1 amide bonds. The Morgan fingerprint density at radius 1 is 0.960 bits per heavy atom. The fourth-order valence-corrected chi connectivity index (χ4v) is 2.46. The molecule has 3 rings (SSSR count). The molecule has 0 radical (unpaired) electrons. The van der Waals surface area contributed by atoms with Crippen LogP contribution in [0.2, 0.25) is 5.02 Å². The first kappa shape index (κ1) is 16.9. The zero-order chi connectivity index (χ0) is 17.8. The highest BCUT2D eigenvalue weighted by Gasteiger charge is 2.10. The number of benzene rings is 2. The van der Waals surface area contributed by atoms with Gasteiger partial charge in [0.05, 0.1) is 5.56 Å². The Morgan fingerprint density at radius 3 is 2.36 bits per heavy atom. The molecular formula is C19H17ClN4O. The lowest BCUT2D eigenvalue weighted by molar-refractivity contribution is 0.102. The Balaban J connectivity index is 1.72. The first-order valence-corrected chi connectivity index (χ1v) is 8.13. The summed E-state index contributed by atoms with van der Waals surface area (Å²) < 4.78 is 0. The van der Waals surface area contributed by atoms with E-state index in [4.69, 9.17) is 11.6 Å². The summed E-state index contributed by atoms with van der Waals surface area (Å²) in [7, 11) is 0. The lowest BCUT2D eigenvalue weighted by Crippen LogP contribution is -2.14. The van der Waals surface area contributed by atoms with Crippen LogP contribution in [-0.4, -0.2) is 15.9 Å². The van der Waals surface area contributed by atoms with Crippen LogP contribution in [0.1, 0.15) is 21.5 Å². The molecule has 0 aliphatic rings. The van der Waals surface area contributed by atoms with Crippen molar-refractivity contribution >= 4 is 34.8 Å². The van der Waals surface area contributed by atoms with Gasteiger partial charge in [-0.3, -0.25) is 4.79 Å². The molecule has 1 heterocycles. The van der Waals surface area contributed by atoms with Gasteiger partial charge in [0.1, 0.15) is 0 Å². The van der Waals surface area contributed by atoms with Crippen LogP contribution in [-0.2, 0) is 0 Å². The highest BCUT2D eigenvalue weighted by Crippen LogP contribution is 2.23. The fourth-order valence-electron chi connectivity index (χ4n) is 2.28. The summed E-state index contributed by atoms with van der Waals surface area (Å²) in [6, 6.07) is 13.2. The third-order valence-corrected chi connectivity index (χ3v) is 4.23. The van der Waals surface area contributed by atoms with Crippen LogP contribution >= 0.6 is 11.6 Å². The van der Waals surface area contributed by atoms with E-state index >= 15 is 0 Å². The van der Waals surface area contributed by atoms with E-state index in [1.807, 2.05) is 38.1 Å². The second-order valence-electron chi connectivity index (χ2n) is 5.60. The summed E-state index contributed by atoms with van der Waals surface area (Å²) in [6.07, 6.45) is 2.98. The van der Waals surface area contributed by atoms with Gasteiger partial charge in [-0.05, 0) is 43.2 Å². The normalized spacial score (nSPS) is 10.4. The number of aryl methyl sites for hydroxylation is 1. The van der Waals surface area contributed by atoms with Gasteiger partial charge >= 0.3 is 0 Å². The molecule has 0 spiro atoms. The fraction of sp³-hybridized carbons (Fsp3) is 0.105. The maximum Gasteiger partial charge on any atom is 0.258 e. The van der Waals surface area contributed by atoms with Crippen molar-refractivity contribution in [3.63, 3.8) is 0 Å². The van der Waals surface area contributed by atoms with E-state index in [1.54, 1.807) is 18.2 Å². The smallest absolute Gasteiger partial charge is 0.258 e. The summed E-state index contributed by atoms with van der Waals surface area (Å²) in [5.41, 5.74) is 3.87. The minimum Gasteiger partial charge on any atom is -0.324 e. The van der Waals surface area contributed by atoms with Crippen LogP contribution in [0.3, 0.4) is 0 Å². The predicted octanol–water partition coefficient (Wildman–Crippen LogP) is 4.74. The number of carbonyl (C=O) groups is 1. The highest BCUT2D eigenvalue weighted by molar-refractivity contribution is 6.31. The first-order chi connectivity index (χ1) is 12.0. The topological polar surface area (TPSA) is 66.9 Å². The highest BCUT2D eigenvalue weighted by atomic mass is 35.5. The number of anilines is 3. The Morgan fingerprint density at radius 2 is 1.64 bits per heavy atom. The molecule has 126 valence electrons. The third-order valence-electron chi connectivity index (χ3n) is 3.82. The van der Waals surface area contributed by atoms with Gasteiger partial charge in [0.15, 0.2) is 0 Å². The van der Waals surface area contributed by atoms with Crippen molar-refractivity contribution < 1.29 is 4.79 Å². The maximum absolute atomic E-state index is 12.3. The molecule has 0 fully saturated rings. The second-order valence-corrected chi connectivity index (χ2v) is 6.01. The average Bonchev–Trinajstić information content (AvgIpc) is 2.61. The largest absolute Gasteiger partial charge is 0.324 e. The molecule has 0 bridgehead atoms. The predicted molar refractivity (Wildman–Crippen MR) is 101 cm³/mol. The van der Waals surface area contributed by atoms with E-state index in [9.17, 15) is 4.79 Å². The molecule has 0 saturated heterocycles. The van der Waals surface area contributed by atoms with Gasteiger partial charge in [0.2, 0.25) is 5.95 Å². The molecule has 0 aliphatic carbocycles. The minimum atomic E-state index is -0.284. The molecule has 2 aromatic carbocycles. The van der Waals surface area contributed by atoms with Gasteiger partial charge in [-0.15, -0.1) is 0 Å². The van der Waals surface area contributed by atoms with Crippen LogP contribution in [0.25, 0.3) is 0 Å². The number of hydrogen-bond donors (Lipinski definition) is 2. The monoisotopic (exact) mass is 352 g/mol. The summed E-state index contributed by atoms with van der Waals surface area (Å²) in [4.78, 5) is 20.8. The van der Waals surface area contributed by atoms with Crippen molar-refractivity contribution in [2.24, 2.45) is 0 Å². The number of para-hydroxylation sites is 1. The Hall–Kier alpha value is -2.92. The quantitative estimate of drug-likeness (QED) is 0.711. The summed E-state index contributed by atoms with van der Waals surface area (Å²) in [6.45, 7) is 3.85. The molecule has 0 aliphatic heterocycles. The Kier molecular flexibility index (Phi) is 4.95. The van der Waals surface area contributed by atoms with Crippen molar-refractivity contribution in [1.82, 2.24) is 9.97 Å². The Labute approximate surface area is 151 Å². The molecule has 3 aromatic rings. The van der Waals surface area contributed by atoms with Gasteiger partial charge in [-0.25, -0.2) is 9.97 Å². The van der Waals surface area contributed by atoms with Crippen molar-refractivity contribution in [1.29, 1.82) is 0 Å². The van der Waals surface area contributed by atoms with Crippen LogP contribution in [0, 0.1) is 13.8 Å². The van der Waals surface area contributed by atoms with Crippen LogP contribution in [0.15, 0.2) is 54.9 Å². The van der Waals surface area contributed by atoms with Crippen molar-refractivity contribution in [3.8, 4) is 0 Å². The second kappa shape index (κ2) is 7.32. The number of amides is 1. The van der Waals surface area contributed by atoms with Gasteiger partial charge in [0, 0.05) is 28.8 Å². The SMILES string of the molecule is Cc1ccccc1Nc1ncc(C(=O)Nc2cccc(Cl)c2C)cn1. The average molecular weight is 353 g/mol. The summed E-state index contributed by atoms with van der Waals surface area (Å²) in [5, 5.41) is 6.56. The minimum absolute atomic E-state index is 0.284. The lowest BCUT2D eigenvalue weighted by Gasteiger charge is -2.10. The van der Waals surface area contributed by atoms with E-state index in [0.717, 1.165) is 16.8 Å². The van der Waals surface area contributed by atoms with Crippen LogP contribution in [0.4, 0.5) is 17.3 Å². The molecule has 0 saturated carbocycles. The number of nitrogens with one attached hydrogen (secondary N) is 2. The molecule has 2 N–H and O–H groups in total. The van der Waals surface area contributed by atoms with Gasteiger partial charge in [0.25, 0.3) is 5.91 Å². The van der Waals surface area contributed by atoms with Crippen molar-refractivity contribution in [3.05, 3.63) is 76.6 Å². The Bertz CT molecular complexity index is 910. The number of aromatic nitrogens is 2. The number of halogens is 1.